The smallest absolute Gasteiger partial charge is 0.252 e. The van der Waals surface area contributed by atoms with Crippen LogP contribution in [0.4, 0.5) is 0 Å². The molecule has 4 heteroatoms. The molecule has 1 fully saturated rings. The molecule has 3 rings (SSSR count). The van der Waals surface area contributed by atoms with Crippen molar-refractivity contribution in [2.24, 2.45) is 11.8 Å². The van der Waals surface area contributed by atoms with Gasteiger partial charge in [0.25, 0.3) is 5.91 Å². The molecular formula is C15H19NO2S. The number of nitrogens with one attached hydrogen (secondary N) is 1. The first-order chi connectivity index (χ1) is 9.17. The number of rotatable bonds is 3. The number of carbonyl (C=O) groups excluding carboxylic acids is 1. The summed E-state index contributed by atoms with van der Waals surface area (Å²) in [6, 6.07) is 6.04. The summed E-state index contributed by atoms with van der Waals surface area (Å²) in [6.45, 7) is 2.29. The maximum Gasteiger partial charge on any atom is 0.252 e. The lowest BCUT2D eigenvalue weighted by Crippen LogP contribution is -2.35. The van der Waals surface area contributed by atoms with E-state index in [0.29, 0.717) is 6.04 Å². The van der Waals surface area contributed by atoms with Crippen molar-refractivity contribution in [2.45, 2.75) is 30.7 Å². The Labute approximate surface area is 118 Å². The van der Waals surface area contributed by atoms with Gasteiger partial charge in [0.1, 0.15) is 5.75 Å². The number of hydrogen-bond acceptors (Lipinski definition) is 3. The van der Waals surface area contributed by atoms with E-state index in [-0.39, 0.29) is 5.91 Å². The predicted octanol–water partition coefficient (Wildman–Crippen LogP) is 2.95. The molecule has 1 saturated carbocycles. The molecule has 1 amide bonds. The molecule has 0 bridgehead atoms. The average Bonchev–Trinajstić information content (AvgIpc) is 3.13. The molecule has 1 heterocycles. The largest absolute Gasteiger partial charge is 0.497 e. The normalized spacial score (nSPS) is 29.2. The summed E-state index contributed by atoms with van der Waals surface area (Å²) in [5.41, 5.74) is 0.746. The lowest BCUT2D eigenvalue weighted by molar-refractivity contribution is 0.0936. The van der Waals surface area contributed by atoms with E-state index in [1.54, 1.807) is 18.9 Å². The molecule has 1 aromatic rings. The summed E-state index contributed by atoms with van der Waals surface area (Å²) in [6.07, 6.45) is 2.43. The number of amides is 1. The zero-order valence-corrected chi connectivity index (χ0v) is 12.1. The third-order valence-corrected chi connectivity index (χ3v) is 5.31. The van der Waals surface area contributed by atoms with Crippen LogP contribution in [-0.4, -0.2) is 24.8 Å². The molecule has 102 valence electrons. The van der Waals surface area contributed by atoms with Crippen LogP contribution in [-0.2, 0) is 0 Å². The van der Waals surface area contributed by atoms with Gasteiger partial charge in [-0.3, -0.25) is 4.79 Å². The van der Waals surface area contributed by atoms with Gasteiger partial charge in [-0.1, -0.05) is 6.92 Å². The van der Waals surface area contributed by atoms with Crippen molar-refractivity contribution < 1.29 is 9.53 Å². The number of ether oxygens (including phenoxy) is 1. The lowest BCUT2D eigenvalue weighted by Gasteiger charge is -2.14. The van der Waals surface area contributed by atoms with Crippen LogP contribution in [0.25, 0.3) is 0 Å². The Kier molecular flexibility index (Phi) is 3.44. The Bertz CT molecular complexity index is 503. The van der Waals surface area contributed by atoms with Crippen LogP contribution < -0.4 is 10.1 Å². The maximum atomic E-state index is 12.3. The molecule has 0 saturated heterocycles. The van der Waals surface area contributed by atoms with Crippen molar-refractivity contribution in [3.05, 3.63) is 23.8 Å². The minimum absolute atomic E-state index is 0.0391. The highest BCUT2D eigenvalue weighted by Crippen LogP contribution is 2.42. The molecule has 1 N–H and O–H groups in total. The van der Waals surface area contributed by atoms with E-state index in [9.17, 15) is 4.79 Å². The van der Waals surface area contributed by atoms with Crippen LogP contribution in [0, 0.1) is 11.8 Å². The van der Waals surface area contributed by atoms with E-state index in [0.717, 1.165) is 40.2 Å². The number of carbonyl (C=O) groups is 1. The zero-order chi connectivity index (χ0) is 13.4. The van der Waals surface area contributed by atoms with E-state index in [1.165, 1.54) is 6.42 Å². The Morgan fingerprint density at radius 1 is 1.47 bits per heavy atom. The van der Waals surface area contributed by atoms with Gasteiger partial charge in [-0.05, 0) is 42.9 Å². The second-order valence-electron chi connectivity index (χ2n) is 5.55. The first-order valence-electron chi connectivity index (χ1n) is 6.79. The fourth-order valence-corrected chi connectivity index (χ4v) is 3.73. The Balaban J connectivity index is 1.75. The first-order valence-corrected chi connectivity index (χ1v) is 7.77. The number of thioether (sulfide) groups is 1. The van der Waals surface area contributed by atoms with Gasteiger partial charge in [-0.15, -0.1) is 11.8 Å². The summed E-state index contributed by atoms with van der Waals surface area (Å²) < 4.78 is 5.20. The van der Waals surface area contributed by atoms with Gasteiger partial charge in [-0.2, -0.15) is 0 Å². The Morgan fingerprint density at radius 2 is 2.26 bits per heavy atom. The second kappa shape index (κ2) is 5.08. The van der Waals surface area contributed by atoms with Crippen LogP contribution in [0.15, 0.2) is 23.1 Å². The highest BCUT2D eigenvalue weighted by Gasteiger charge is 2.35. The van der Waals surface area contributed by atoms with Crippen LogP contribution in [0.1, 0.15) is 30.1 Å². The number of fused-ring (bicyclic) bond motifs is 1. The standard InChI is InChI=1S/C15H19NO2S/c1-9-5-10(9)6-11-8-19-14-4-3-12(18-2)7-13(14)15(17)16-11/h3-4,7,9-11H,5-6,8H2,1-2H3,(H,16,17). The van der Waals surface area contributed by atoms with Gasteiger partial charge in [0.2, 0.25) is 0 Å². The predicted molar refractivity (Wildman–Crippen MR) is 76.9 cm³/mol. The monoisotopic (exact) mass is 277 g/mol. The fourth-order valence-electron chi connectivity index (χ4n) is 2.65. The molecule has 1 aromatic carbocycles. The quantitative estimate of drug-likeness (QED) is 0.923. The molecule has 0 aromatic heterocycles. The third kappa shape index (κ3) is 2.73. The highest BCUT2D eigenvalue weighted by atomic mass is 32.2. The highest BCUT2D eigenvalue weighted by molar-refractivity contribution is 7.99. The first kappa shape index (κ1) is 12.9. The molecule has 1 aliphatic carbocycles. The van der Waals surface area contributed by atoms with Crippen molar-refractivity contribution >= 4 is 17.7 Å². The van der Waals surface area contributed by atoms with Gasteiger partial charge >= 0.3 is 0 Å². The van der Waals surface area contributed by atoms with Crippen LogP contribution in [0.3, 0.4) is 0 Å². The van der Waals surface area contributed by atoms with Gasteiger partial charge in [0.15, 0.2) is 0 Å². The van der Waals surface area contributed by atoms with Crippen molar-refractivity contribution in [3.8, 4) is 5.75 Å². The van der Waals surface area contributed by atoms with Crippen molar-refractivity contribution in [3.63, 3.8) is 0 Å². The minimum atomic E-state index is 0.0391. The van der Waals surface area contributed by atoms with Crippen molar-refractivity contribution in [1.82, 2.24) is 5.32 Å². The summed E-state index contributed by atoms with van der Waals surface area (Å²) in [4.78, 5) is 13.3. The summed E-state index contributed by atoms with van der Waals surface area (Å²) in [5.74, 6) is 3.39. The summed E-state index contributed by atoms with van der Waals surface area (Å²) in [5, 5.41) is 3.16. The van der Waals surface area contributed by atoms with Gasteiger partial charge in [0.05, 0.1) is 12.7 Å². The van der Waals surface area contributed by atoms with Gasteiger partial charge < -0.3 is 10.1 Å². The molecule has 0 radical (unpaired) electrons. The van der Waals surface area contributed by atoms with E-state index in [2.05, 4.69) is 12.2 Å². The molecule has 19 heavy (non-hydrogen) atoms. The molecule has 0 spiro atoms. The number of hydrogen-bond donors (Lipinski definition) is 1. The van der Waals surface area contributed by atoms with Crippen LogP contribution >= 0.6 is 11.8 Å². The van der Waals surface area contributed by atoms with Gasteiger partial charge in [0, 0.05) is 16.7 Å². The summed E-state index contributed by atoms with van der Waals surface area (Å²) in [7, 11) is 1.63. The maximum absolute atomic E-state index is 12.3. The van der Waals surface area contributed by atoms with Gasteiger partial charge in [-0.25, -0.2) is 0 Å². The Hall–Kier alpha value is -1.16. The van der Waals surface area contributed by atoms with E-state index in [4.69, 9.17) is 4.74 Å². The minimum Gasteiger partial charge on any atom is -0.497 e. The van der Waals surface area contributed by atoms with E-state index < -0.39 is 0 Å². The second-order valence-corrected chi connectivity index (χ2v) is 6.61. The Morgan fingerprint density at radius 3 is 2.95 bits per heavy atom. The fraction of sp³-hybridized carbons (Fsp3) is 0.533. The number of methoxy groups -OCH3 is 1. The molecule has 1 aliphatic heterocycles. The van der Waals surface area contributed by atoms with E-state index >= 15 is 0 Å². The summed E-state index contributed by atoms with van der Waals surface area (Å²) >= 11 is 1.77. The topological polar surface area (TPSA) is 38.3 Å². The lowest BCUT2D eigenvalue weighted by atomic mass is 10.1. The van der Waals surface area contributed by atoms with Crippen LogP contribution in [0.5, 0.6) is 5.75 Å². The molecule has 3 nitrogen and oxygen atoms in total. The van der Waals surface area contributed by atoms with Crippen molar-refractivity contribution in [2.75, 3.05) is 12.9 Å². The average molecular weight is 277 g/mol. The third-order valence-electron chi connectivity index (χ3n) is 4.07. The molecule has 3 unspecified atom stereocenters. The SMILES string of the molecule is COc1ccc2c(c1)C(=O)NC(CC1CC1C)CS2. The molecular weight excluding hydrogens is 258 g/mol. The number of benzene rings is 1. The van der Waals surface area contributed by atoms with Crippen molar-refractivity contribution in [1.29, 1.82) is 0 Å². The molecule has 3 atom stereocenters. The molecule has 2 aliphatic rings. The zero-order valence-electron chi connectivity index (χ0n) is 11.3. The van der Waals surface area contributed by atoms with Crippen LogP contribution in [0.2, 0.25) is 0 Å². The van der Waals surface area contributed by atoms with E-state index in [1.807, 2.05) is 18.2 Å².